The molecule has 1 heterocycles. The van der Waals surface area contributed by atoms with E-state index in [1.807, 2.05) is 24.3 Å². The Morgan fingerprint density at radius 2 is 1.91 bits per heavy atom. The van der Waals surface area contributed by atoms with E-state index in [1.165, 1.54) is 32.1 Å². The van der Waals surface area contributed by atoms with E-state index >= 15 is 0 Å². The zero-order valence-electron chi connectivity index (χ0n) is 13.1. The molecule has 1 aromatic carbocycles. The van der Waals surface area contributed by atoms with Crippen molar-refractivity contribution in [3.8, 4) is 5.75 Å². The summed E-state index contributed by atoms with van der Waals surface area (Å²) in [6.45, 7) is 2.35. The number of hydrogen-bond donors (Lipinski definition) is 2. The molecule has 120 valence electrons. The predicted molar refractivity (Wildman–Crippen MR) is 86.8 cm³/mol. The molecular formula is C18H26N2O2. The van der Waals surface area contributed by atoms with Crippen LogP contribution in [0.1, 0.15) is 44.1 Å². The first-order chi connectivity index (χ1) is 10.8. The monoisotopic (exact) mass is 302 g/mol. The highest BCUT2D eigenvalue weighted by Gasteiger charge is 2.21. The van der Waals surface area contributed by atoms with Gasteiger partial charge < -0.3 is 15.4 Å². The highest BCUT2D eigenvalue weighted by atomic mass is 16.5. The molecule has 1 amide bonds. The molecule has 2 fully saturated rings. The minimum absolute atomic E-state index is 0.133. The van der Waals surface area contributed by atoms with Gasteiger partial charge in [-0.2, -0.15) is 0 Å². The summed E-state index contributed by atoms with van der Waals surface area (Å²) in [5.41, 5.74) is 1.12. The van der Waals surface area contributed by atoms with Crippen LogP contribution in [0.15, 0.2) is 24.3 Å². The van der Waals surface area contributed by atoms with Crippen LogP contribution in [0.25, 0.3) is 0 Å². The fourth-order valence-electron chi connectivity index (χ4n) is 3.27. The van der Waals surface area contributed by atoms with Crippen LogP contribution in [-0.2, 0) is 11.3 Å². The number of amides is 1. The zero-order valence-corrected chi connectivity index (χ0v) is 13.1. The summed E-state index contributed by atoms with van der Waals surface area (Å²) in [6, 6.07) is 8.14. The highest BCUT2D eigenvalue weighted by Crippen LogP contribution is 2.23. The number of benzene rings is 1. The molecule has 2 aliphatic rings. The van der Waals surface area contributed by atoms with Crippen LogP contribution in [0.4, 0.5) is 0 Å². The number of hydrogen-bond acceptors (Lipinski definition) is 3. The normalized spacial score (nSPS) is 22.5. The van der Waals surface area contributed by atoms with Gasteiger partial charge in [0.2, 0.25) is 5.91 Å². The van der Waals surface area contributed by atoms with Crippen LogP contribution < -0.4 is 15.4 Å². The van der Waals surface area contributed by atoms with E-state index in [2.05, 4.69) is 10.6 Å². The number of carbonyl (C=O) groups is 1. The molecule has 1 saturated carbocycles. The van der Waals surface area contributed by atoms with E-state index in [9.17, 15) is 4.79 Å². The van der Waals surface area contributed by atoms with E-state index in [4.69, 9.17) is 4.74 Å². The molecule has 3 rings (SSSR count). The van der Waals surface area contributed by atoms with E-state index in [-0.39, 0.29) is 11.8 Å². The third-order valence-electron chi connectivity index (χ3n) is 4.68. The average Bonchev–Trinajstić information content (AvgIpc) is 3.09. The van der Waals surface area contributed by atoms with E-state index < -0.39 is 0 Å². The second-order valence-electron chi connectivity index (χ2n) is 6.43. The molecule has 1 aliphatic heterocycles. The van der Waals surface area contributed by atoms with Crippen LogP contribution >= 0.6 is 0 Å². The van der Waals surface area contributed by atoms with Gasteiger partial charge in [-0.1, -0.05) is 18.6 Å². The van der Waals surface area contributed by atoms with Crippen molar-refractivity contribution in [1.29, 1.82) is 0 Å². The fraction of sp³-hybridized carbons (Fsp3) is 0.611. The summed E-state index contributed by atoms with van der Waals surface area (Å²) < 4.78 is 6.02. The first-order valence-corrected chi connectivity index (χ1v) is 8.55. The first-order valence-electron chi connectivity index (χ1n) is 8.55. The standard InChI is InChI=1S/C18H26N2O2/c21-18(15-10-11-19-13-15)20-12-14-6-8-17(9-7-14)22-16-4-2-1-3-5-16/h6-9,15-16,19H,1-5,10-13H2,(H,20,21). The SMILES string of the molecule is O=C(NCc1ccc(OC2CCCCC2)cc1)C1CCNC1. The molecule has 0 bridgehead atoms. The van der Waals surface area contributed by atoms with E-state index in [1.54, 1.807) is 0 Å². The Hall–Kier alpha value is -1.55. The molecule has 1 saturated heterocycles. The number of carbonyl (C=O) groups excluding carboxylic acids is 1. The van der Waals surface area contributed by atoms with Crippen LogP contribution in [0, 0.1) is 5.92 Å². The van der Waals surface area contributed by atoms with Gasteiger partial charge in [-0.25, -0.2) is 0 Å². The Balaban J connectivity index is 1.45. The van der Waals surface area contributed by atoms with Gasteiger partial charge in [0.05, 0.1) is 12.0 Å². The van der Waals surface area contributed by atoms with Gasteiger partial charge in [-0.3, -0.25) is 4.79 Å². The quantitative estimate of drug-likeness (QED) is 0.879. The van der Waals surface area contributed by atoms with Gasteiger partial charge in [-0.15, -0.1) is 0 Å². The van der Waals surface area contributed by atoms with Crippen molar-refractivity contribution >= 4 is 5.91 Å². The lowest BCUT2D eigenvalue weighted by molar-refractivity contribution is -0.124. The maximum Gasteiger partial charge on any atom is 0.224 e. The molecule has 0 aromatic heterocycles. The molecule has 1 aliphatic carbocycles. The Labute approximate surface area is 132 Å². The lowest BCUT2D eigenvalue weighted by Crippen LogP contribution is -2.31. The van der Waals surface area contributed by atoms with Crippen molar-refractivity contribution in [1.82, 2.24) is 10.6 Å². The van der Waals surface area contributed by atoms with Crippen molar-refractivity contribution in [3.05, 3.63) is 29.8 Å². The molecule has 4 heteroatoms. The van der Waals surface area contributed by atoms with Crippen LogP contribution in [-0.4, -0.2) is 25.1 Å². The minimum Gasteiger partial charge on any atom is -0.490 e. The number of nitrogens with one attached hydrogen (secondary N) is 2. The van der Waals surface area contributed by atoms with Gasteiger partial charge in [0, 0.05) is 13.1 Å². The molecule has 1 atom stereocenters. The van der Waals surface area contributed by atoms with Gasteiger partial charge in [-0.05, 0) is 56.3 Å². The van der Waals surface area contributed by atoms with Crippen LogP contribution in [0.5, 0.6) is 5.75 Å². The third kappa shape index (κ3) is 4.23. The lowest BCUT2D eigenvalue weighted by Gasteiger charge is -2.23. The molecule has 0 radical (unpaired) electrons. The van der Waals surface area contributed by atoms with E-state index in [0.29, 0.717) is 12.6 Å². The summed E-state index contributed by atoms with van der Waals surface area (Å²) in [6.07, 6.45) is 7.58. The lowest BCUT2D eigenvalue weighted by atomic mass is 9.98. The zero-order chi connectivity index (χ0) is 15.2. The molecule has 2 N–H and O–H groups in total. The Bertz CT molecular complexity index is 474. The second-order valence-corrected chi connectivity index (χ2v) is 6.43. The van der Waals surface area contributed by atoms with Crippen LogP contribution in [0.2, 0.25) is 0 Å². The fourth-order valence-corrected chi connectivity index (χ4v) is 3.27. The van der Waals surface area contributed by atoms with Crippen molar-refractivity contribution in [3.63, 3.8) is 0 Å². The largest absolute Gasteiger partial charge is 0.490 e. The molecule has 1 aromatic rings. The number of rotatable bonds is 5. The summed E-state index contributed by atoms with van der Waals surface area (Å²) in [7, 11) is 0. The van der Waals surface area contributed by atoms with Crippen molar-refractivity contribution in [2.24, 2.45) is 5.92 Å². The molecule has 22 heavy (non-hydrogen) atoms. The summed E-state index contributed by atoms with van der Waals surface area (Å²) >= 11 is 0. The third-order valence-corrected chi connectivity index (χ3v) is 4.68. The Morgan fingerprint density at radius 3 is 2.59 bits per heavy atom. The summed E-state index contributed by atoms with van der Waals surface area (Å²) in [5, 5.41) is 6.24. The summed E-state index contributed by atoms with van der Waals surface area (Å²) in [5.74, 6) is 1.24. The summed E-state index contributed by atoms with van der Waals surface area (Å²) in [4.78, 5) is 12.0. The van der Waals surface area contributed by atoms with Crippen molar-refractivity contribution in [2.75, 3.05) is 13.1 Å². The van der Waals surface area contributed by atoms with Gasteiger partial charge in [0.1, 0.15) is 5.75 Å². The van der Waals surface area contributed by atoms with Gasteiger partial charge in [0.25, 0.3) is 0 Å². The Morgan fingerprint density at radius 1 is 1.14 bits per heavy atom. The maximum atomic E-state index is 12.0. The molecule has 1 unspecified atom stereocenters. The Kier molecular flexibility index (Phi) is 5.33. The smallest absolute Gasteiger partial charge is 0.224 e. The molecule has 0 spiro atoms. The first kappa shape index (κ1) is 15.3. The maximum absolute atomic E-state index is 12.0. The predicted octanol–water partition coefficient (Wildman–Crippen LogP) is 2.62. The molecular weight excluding hydrogens is 276 g/mol. The minimum atomic E-state index is 0.133. The van der Waals surface area contributed by atoms with Crippen molar-refractivity contribution < 1.29 is 9.53 Å². The van der Waals surface area contributed by atoms with Crippen molar-refractivity contribution in [2.45, 2.75) is 51.2 Å². The average molecular weight is 302 g/mol. The highest BCUT2D eigenvalue weighted by molar-refractivity contribution is 5.79. The van der Waals surface area contributed by atoms with Gasteiger partial charge in [0.15, 0.2) is 0 Å². The second kappa shape index (κ2) is 7.63. The van der Waals surface area contributed by atoms with Gasteiger partial charge >= 0.3 is 0 Å². The molecule has 4 nitrogen and oxygen atoms in total. The van der Waals surface area contributed by atoms with E-state index in [0.717, 1.165) is 30.8 Å². The van der Waals surface area contributed by atoms with Crippen LogP contribution in [0.3, 0.4) is 0 Å². The number of ether oxygens (including phenoxy) is 1. The topological polar surface area (TPSA) is 50.4 Å².